The van der Waals surface area contributed by atoms with E-state index in [2.05, 4.69) is 5.32 Å². The van der Waals surface area contributed by atoms with Crippen LogP contribution in [0.1, 0.15) is 5.56 Å². The number of nitro groups is 1. The molecule has 1 N–H and O–H groups in total. The fourth-order valence-corrected chi connectivity index (χ4v) is 3.20. The molecule has 0 spiro atoms. The highest BCUT2D eigenvalue weighted by Gasteiger charge is 2.28. The minimum Gasteiger partial charge on any atom is -0.496 e. The van der Waals surface area contributed by atoms with E-state index in [1.54, 1.807) is 30.0 Å². The van der Waals surface area contributed by atoms with Crippen LogP contribution in [0, 0.1) is 10.1 Å². The number of hydrogen-bond acceptors (Lipinski definition) is 5. The molecule has 4 rings (SSSR count). The van der Waals surface area contributed by atoms with Crippen LogP contribution in [0.25, 0.3) is 16.9 Å². The Morgan fingerprint density at radius 1 is 1.20 bits per heavy atom. The van der Waals surface area contributed by atoms with E-state index in [-0.39, 0.29) is 10.6 Å². The number of benzene rings is 2. The summed E-state index contributed by atoms with van der Waals surface area (Å²) >= 11 is 0. The second-order valence-electron chi connectivity index (χ2n) is 5.71. The molecule has 0 atom stereocenters. The van der Waals surface area contributed by atoms with Crippen molar-refractivity contribution in [1.29, 1.82) is 0 Å². The van der Waals surface area contributed by atoms with Gasteiger partial charge >= 0.3 is 0 Å². The number of methoxy groups -OCH3 is 1. The number of fused-ring (bicyclic) bond motifs is 1. The van der Waals surface area contributed by atoms with Gasteiger partial charge < -0.3 is 10.1 Å². The van der Waals surface area contributed by atoms with Crippen LogP contribution in [0.3, 0.4) is 0 Å². The van der Waals surface area contributed by atoms with Crippen molar-refractivity contribution in [3.05, 3.63) is 64.2 Å². The lowest BCUT2D eigenvalue weighted by Crippen LogP contribution is -2.06. The van der Waals surface area contributed by atoms with Crippen molar-refractivity contribution in [2.24, 2.45) is 0 Å². The standard InChI is InChI=1S/C18H16N4O3/c1-25-16-9-5-2-6-12(16)17-13-10-11-19-18(13)21(20-17)14-7-3-4-8-15(14)22(23)24/h2-9,19H,10-11H2,1H3. The Balaban J connectivity index is 1.95. The lowest BCUT2D eigenvalue weighted by atomic mass is 10.1. The number of nitrogens with one attached hydrogen (secondary N) is 1. The number of ether oxygens (including phenoxy) is 1. The highest BCUT2D eigenvalue weighted by Crippen LogP contribution is 2.39. The van der Waals surface area contributed by atoms with Crippen molar-refractivity contribution in [3.63, 3.8) is 0 Å². The molecule has 0 aliphatic carbocycles. The molecular formula is C18H16N4O3. The number of nitrogens with zero attached hydrogens (tertiary/aromatic N) is 3. The van der Waals surface area contributed by atoms with E-state index in [0.29, 0.717) is 5.69 Å². The van der Waals surface area contributed by atoms with Gasteiger partial charge in [-0.25, -0.2) is 4.68 Å². The predicted octanol–water partition coefficient (Wildman–Crippen LogP) is 3.42. The minimum absolute atomic E-state index is 0.0214. The van der Waals surface area contributed by atoms with Crippen LogP contribution in [-0.4, -0.2) is 28.4 Å². The average molecular weight is 336 g/mol. The number of hydrogen-bond donors (Lipinski definition) is 1. The van der Waals surface area contributed by atoms with Gasteiger partial charge in [0.2, 0.25) is 0 Å². The van der Waals surface area contributed by atoms with Gasteiger partial charge in [-0.1, -0.05) is 24.3 Å². The fraction of sp³-hybridized carbons (Fsp3) is 0.167. The smallest absolute Gasteiger partial charge is 0.294 e. The number of rotatable bonds is 4. The summed E-state index contributed by atoms with van der Waals surface area (Å²) in [5.41, 5.74) is 3.17. The second-order valence-corrected chi connectivity index (χ2v) is 5.71. The maximum atomic E-state index is 11.4. The van der Waals surface area contributed by atoms with Crippen molar-refractivity contribution in [2.75, 3.05) is 19.0 Å². The SMILES string of the molecule is COc1ccccc1-c1nn(-c2ccccc2[N+](=O)[O-])c2c1CCN2. The van der Waals surface area contributed by atoms with Gasteiger partial charge in [-0.2, -0.15) is 5.10 Å². The molecule has 1 aliphatic rings. The molecule has 7 heteroatoms. The highest BCUT2D eigenvalue weighted by atomic mass is 16.6. The van der Waals surface area contributed by atoms with Gasteiger partial charge in [-0.15, -0.1) is 0 Å². The molecule has 0 saturated carbocycles. The second kappa shape index (κ2) is 5.94. The lowest BCUT2D eigenvalue weighted by molar-refractivity contribution is -0.384. The predicted molar refractivity (Wildman–Crippen MR) is 94.4 cm³/mol. The first kappa shape index (κ1) is 15.2. The zero-order valence-corrected chi connectivity index (χ0v) is 13.6. The van der Waals surface area contributed by atoms with Gasteiger partial charge in [-0.3, -0.25) is 10.1 Å². The quantitative estimate of drug-likeness (QED) is 0.583. The van der Waals surface area contributed by atoms with Gasteiger partial charge in [0, 0.05) is 23.7 Å². The normalized spacial score (nSPS) is 12.5. The Labute approximate surface area is 144 Å². The number of nitro benzene ring substituents is 1. The van der Waals surface area contributed by atoms with Crippen LogP contribution in [-0.2, 0) is 6.42 Å². The summed E-state index contributed by atoms with van der Waals surface area (Å²) in [4.78, 5) is 11.0. The summed E-state index contributed by atoms with van der Waals surface area (Å²) in [6.45, 7) is 0.774. The topological polar surface area (TPSA) is 82.2 Å². The summed E-state index contributed by atoms with van der Waals surface area (Å²) < 4.78 is 7.09. The molecule has 0 radical (unpaired) electrons. The van der Waals surface area contributed by atoms with Crippen LogP contribution in [0.5, 0.6) is 5.75 Å². The van der Waals surface area contributed by atoms with Gasteiger partial charge in [0.05, 0.1) is 12.0 Å². The molecule has 2 aromatic carbocycles. The Morgan fingerprint density at radius 2 is 1.96 bits per heavy atom. The summed E-state index contributed by atoms with van der Waals surface area (Å²) in [6, 6.07) is 14.3. The lowest BCUT2D eigenvalue weighted by Gasteiger charge is -2.08. The minimum atomic E-state index is -0.388. The maximum Gasteiger partial charge on any atom is 0.294 e. The van der Waals surface area contributed by atoms with Crippen LogP contribution < -0.4 is 10.1 Å². The van der Waals surface area contributed by atoms with E-state index in [9.17, 15) is 10.1 Å². The van der Waals surface area contributed by atoms with Gasteiger partial charge in [0.1, 0.15) is 22.9 Å². The molecule has 2 heterocycles. The highest BCUT2D eigenvalue weighted by molar-refractivity contribution is 5.77. The summed E-state index contributed by atoms with van der Waals surface area (Å²) in [5, 5.41) is 19.4. The van der Waals surface area contributed by atoms with Crippen LogP contribution in [0.2, 0.25) is 0 Å². The molecule has 0 saturated heterocycles. The Bertz CT molecular complexity index is 965. The molecule has 126 valence electrons. The third-order valence-electron chi connectivity index (χ3n) is 4.32. The molecule has 0 fully saturated rings. The van der Waals surface area contributed by atoms with E-state index < -0.39 is 0 Å². The number of para-hydroxylation sites is 3. The average Bonchev–Trinajstić information content (AvgIpc) is 3.24. The molecule has 3 aromatic rings. The first-order chi connectivity index (χ1) is 12.2. The zero-order chi connectivity index (χ0) is 17.4. The molecule has 1 aromatic heterocycles. The largest absolute Gasteiger partial charge is 0.496 e. The third-order valence-corrected chi connectivity index (χ3v) is 4.32. The van der Waals surface area contributed by atoms with Crippen LogP contribution in [0.4, 0.5) is 11.5 Å². The Morgan fingerprint density at radius 3 is 2.76 bits per heavy atom. The van der Waals surface area contributed by atoms with E-state index >= 15 is 0 Å². The summed E-state index contributed by atoms with van der Waals surface area (Å²) in [5.74, 6) is 1.53. The van der Waals surface area contributed by atoms with Crippen LogP contribution >= 0.6 is 0 Å². The van der Waals surface area contributed by atoms with E-state index in [0.717, 1.165) is 41.4 Å². The van der Waals surface area contributed by atoms with E-state index in [1.165, 1.54) is 6.07 Å². The van der Waals surface area contributed by atoms with Gasteiger partial charge in [0.25, 0.3) is 5.69 Å². The first-order valence-electron chi connectivity index (χ1n) is 7.93. The number of anilines is 1. The van der Waals surface area contributed by atoms with Crippen molar-refractivity contribution in [2.45, 2.75) is 6.42 Å². The first-order valence-corrected chi connectivity index (χ1v) is 7.93. The third kappa shape index (κ3) is 2.40. The molecule has 25 heavy (non-hydrogen) atoms. The Kier molecular flexibility index (Phi) is 3.61. The van der Waals surface area contributed by atoms with E-state index in [4.69, 9.17) is 9.84 Å². The molecule has 0 unspecified atom stereocenters. The van der Waals surface area contributed by atoms with Crippen molar-refractivity contribution in [1.82, 2.24) is 9.78 Å². The summed E-state index contributed by atoms with van der Waals surface area (Å²) in [6.07, 6.45) is 0.809. The number of aromatic nitrogens is 2. The van der Waals surface area contributed by atoms with Crippen molar-refractivity contribution < 1.29 is 9.66 Å². The zero-order valence-electron chi connectivity index (χ0n) is 13.6. The van der Waals surface area contributed by atoms with Gasteiger partial charge in [0.15, 0.2) is 0 Å². The molecular weight excluding hydrogens is 320 g/mol. The summed E-state index contributed by atoms with van der Waals surface area (Å²) in [7, 11) is 1.62. The molecule has 0 bridgehead atoms. The van der Waals surface area contributed by atoms with Crippen molar-refractivity contribution >= 4 is 11.5 Å². The van der Waals surface area contributed by atoms with Crippen molar-refractivity contribution in [3.8, 4) is 22.7 Å². The maximum absolute atomic E-state index is 11.4. The van der Waals surface area contributed by atoms with Crippen LogP contribution in [0.15, 0.2) is 48.5 Å². The molecule has 7 nitrogen and oxygen atoms in total. The molecule has 0 amide bonds. The molecule has 1 aliphatic heterocycles. The fourth-order valence-electron chi connectivity index (χ4n) is 3.20. The monoisotopic (exact) mass is 336 g/mol. The van der Waals surface area contributed by atoms with E-state index in [1.807, 2.05) is 24.3 Å². The van der Waals surface area contributed by atoms with Gasteiger partial charge in [-0.05, 0) is 24.6 Å². The Hall–Kier alpha value is -3.35.